The first-order valence-corrected chi connectivity index (χ1v) is 6.86. The lowest BCUT2D eigenvalue weighted by Crippen LogP contribution is -2.15. The van der Waals surface area contributed by atoms with Gasteiger partial charge in [-0.15, -0.1) is 0 Å². The largest absolute Gasteiger partial charge is 0.506 e. The van der Waals surface area contributed by atoms with Crippen LogP contribution >= 0.6 is 11.6 Å². The van der Waals surface area contributed by atoms with Gasteiger partial charge in [-0.25, -0.2) is 0 Å². The van der Waals surface area contributed by atoms with Crippen LogP contribution in [0.3, 0.4) is 0 Å². The highest BCUT2D eigenvalue weighted by Crippen LogP contribution is 2.26. The van der Waals surface area contributed by atoms with Crippen molar-refractivity contribution in [2.45, 2.75) is 19.4 Å². The molecule has 0 saturated carbocycles. The van der Waals surface area contributed by atoms with Gasteiger partial charge in [0.1, 0.15) is 5.75 Å². The molecule has 2 aromatic carbocycles. The number of para-hydroxylation sites is 1. The van der Waals surface area contributed by atoms with Crippen molar-refractivity contribution in [2.75, 3.05) is 6.54 Å². The summed E-state index contributed by atoms with van der Waals surface area (Å²) in [6.45, 7) is 1.56. The number of hydrogen-bond acceptors (Lipinski definition) is 2. The monoisotopic (exact) mass is 275 g/mol. The summed E-state index contributed by atoms with van der Waals surface area (Å²) in [5.41, 5.74) is 2.20. The lowest BCUT2D eigenvalue weighted by atomic mass is 10.1. The Morgan fingerprint density at radius 2 is 1.79 bits per heavy atom. The summed E-state index contributed by atoms with van der Waals surface area (Å²) in [5.74, 6) is 0.180. The van der Waals surface area contributed by atoms with Crippen molar-refractivity contribution in [1.82, 2.24) is 5.32 Å². The van der Waals surface area contributed by atoms with Gasteiger partial charge in [0.05, 0.1) is 5.02 Å². The van der Waals surface area contributed by atoms with E-state index in [2.05, 4.69) is 29.6 Å². The second-order valence-corrected chi connectivity index (χ2v) is 4.92. The number of halogens is 1. The van der Waals surface area contributed by atoms with Gasteiger partial charge in [-0.2, -0.15) is 0 Å². The molecule has 0 unspecified atom stereocenters. The smallest absolute Gasteiger partial charge is 0.138 e. The molecule has 0 fully saturated rings. The predicted molar refractivity (Wildman–Crippen MR) is 79.6 cm³/mol. The Labute approximate surface area is 119 Å². The lowest BCUT2D eigenvalue weighted by molar-refractivity contribution is 0.464. The zero-order valence-electron chi connectivity index (χ0n) is 10.8. The van der Waals surface area contributed by atoms with E-state index in [0.717, 1.165) is 24.9 Å². The molecule has 100 valence electrons. The molecule has 0 saturated heterocycles. The Morgan fingerprint density at radius 3 is 2.58 bits per heavy atom. The number of hydrogen-bond donors (Lipinski definition) is 2. The standard InChI is InChI=1S/C16H18ClNO/c17-15-10-4-9-14(16(15)19)12-18-11-5-8-13-6-2-1-3-7-13/h1-4,6-7,9-10,18-19H,5,8,11-12H2. The molecule has 2 N–H and O–H groups in total. The van der Waals surface area contributed by atoms with Gasteiger partial charge in [0, 0.05) is 12.1 Å². The molecule has 19 heavy (non-hydrogen) atoms. The van der Waals surface area contributed by atoms with Crippen LogP contribution in [0.2, 0.25) is 5.02 Å². The van der Waals surface area contributed by atoms with Gasteiger partial charge < -0.3 is 10.4 Å². The van der Waals surface area contributed by atoms with Crippen LogP contribution in [-0.2, 0) is 13.0 Å². The maximum atomic E-state index is 9.76. The van der Waals surface area contributed by atoms with Crippen LogP contribution in [0.5, 0.6) is 5.75 Å². The van der Waals surface area contributed by atoms with Gasteiger partial charge in [0.25, 0.3) is 0 Å². The quantitative estimate of drug-likeness (QED) is 0.787. The molecule has 0 heterocycles. The number of aryl methyl sites for hydroxylation is 1. The molecule has 3 heteroatoms. The van der Waals surface area contributed by atoms with Crippen molar-refractivity contribution < 1.29 is 5.11 Å². The Bertz CT molecular complexity index is 513. The summed E-state index contributed by atoms with van der Waals surface area (Å²) in [6.07, 6.45) is 2.14. The average molecular weight is 276 g/mol. The molecule has 0 amide bonds. The molecule has 2 aromatic rings. The highest BCUT2D eigenvalue weighted by Gasteiger charge is 2.03. The molecular formula is C16H18ClNO. The molecule has 0 aliphatic carbocycles. The van der Waals surface area contributed by atoms with E-state index < -0.39 is 0 Å². The molecule has 0 aliphatic heterocycles. The zero-order chi connectivity index (χ0) is 13.5. The fourth-order valence-corrected chi connectivity index (χ4v) is 2.18. The molecule has 0 aromatic heterocycles. The first-order valence-electron chi connectivity index (χ1n) is 6.48. The lowest BCUT2D eigenvalue weighted by Gasteiger charge is -2.08. The van der Waals surface area contributed by atoms with Crippen molar-refractivity contribution in [3.8, 4) is 5.75 Å². The van der Waals surface area contributed by atoms with Crippen molar-refractivity contribution in [2.24, 2.45) is 0 Å². The third-order valence-corrected chi connectivity index (χ3v) is 3.35. The van der Waals surface area contributed by atoms with E-state index >= 15 is 0 Å². The van der Waals surface area contributed by atoms with Gasteiger partial charge in [0.2, 0.25) is 0 Å². The summed E-state index contributed by atoms with van der Waals surface area (Å²) < 4.78 is 0. The molecule has 0 atom stereocenters. The van der Waals surface area contributed by atoms with Crippen LogP contribution in [-0.4, -0.2) is 11.7 Å². The normalized spacial score (nSPS) is 10.6. The predicted octanol–water partition coefficient (Wildman–Crippen LogP) is 3.77. The van der Waals surface area contributed by atoms with Crippen LogP contribution in [0.4, 0.5) is 0 Å². The van der Waals surface area contributed by atoms with Crippen molar-refractivity contribution in [3.05, 3.63) is 64.7 Å². The van der Waals surface area contributed by atoms with Gasteiger partial charge in [-0.1, -0.05) is 54.1 Å². The Balaban J connectivity index is 1.71. The molecule has 0 aliphatic rings. The minimum Gasteiger partial charge on any atom is -0.506 e. The molecule has 0 bridgehead atoms. The first kappa shape index (κ1) is 13.9. The number of benzene rings is 2. The molecule has 0 spiro atoms. The van der Waals surface area contributed by atoms with Gasteiger partial charge in [-0.3, -0.25) is 0 Å². The number of nitrogens with one attached hydrogen (secondary N) is 1. The highest BCUT2D eigenvalue weighted by atomic mass is 35.5. The molecule has 2 rings (SSSR count). The van der Waals surface area contributed by atoms with Crippen molar-refractivity contribution in [1.29, 1.82) is 0 Å². The highest BCUT2D eigenvalue weighted by molar-refractivity contribution is 6.32. The third kappa shape index (κ3) is 4.27. The van der Waals surface area contributed by atoms with E-state index in [1.807, 2.05) is 18.2 Å². The average Bonchev–Trinajstić information content (AvgIpc) is 2.44. The summed E-state index contributed by atoms with van der Waals surface area (Å²) in [5, 5.41) is 13.5. The molecule has 0 radical (unpaired) electrons. The van der Waals surface area contributed by atoms with E-state index in [-0.39, 0.29) is 5.75 Å². The van der Waals surface area contributed by atoms with Gasteiger partial charge >= 0.3 is 0 Å². The van der Waals surface area contributed by atoms with Crippen molar-refractivity contribution in [3.63, 3.8) is 0 Å². The zero-order valence-corrected chi connectivity index (χ0v) is 11.5. The van der Waals surface area contributed by atoms with Crippen LogP contribution in [0, 0.1) is 0 Å². The Morgan fingerprint density at radius 1 is 1.00 bits per heavy atom. The number of phenolic OH excluding ortho intramolecular Hbond substituents is 1. The van der Waals surface area contributed by atoms with E-state index in [9.17, 15) is 5.11 Å². The van der Waals surface area contributed by atoms with Crippen LogP contribution in [0.15, 0.2) is 48.5 Å². The van der Waals surface area contributed by atoms with Crippen LogP contribution in [0.1, 0.15) is 17.5 Å². The SMILES string of the molecule is Oc1c(Cl)cccc1CNCCCc1ccccc1. The Kier molecular flexibility index (Phi) is 5.25. The van der Waals surface area contributed by atoms with Crippen LogP contribution < -0.4 is 5.32 Å². The van der Waals surface area contributed by atoms with E-state index in [4.69, 9.17) is 11.6 Å². The minimum absolute atomic E-state index is 0.180. The second-order valence-electron chi connectivity index (χ2n) is 4.51. The molecule has 2 nitrogen and oxygen atoms in total. The number of aromatic hydroxyl groups is 1. The van der Waals surface area contributed by atoms with E-state index in [0.29, 0.717) is 11.6 Å². The Hall–Kier alpha value is -1.51. The fraction of sp³-hybridized carbons (Fsp3) is 0.250. The van der Waals surface area contributed by atoms with Crippen LogP contribution in [0.25, 0.3) is 0 Å². The number of rotatable bonds is 6. The minimum atomic E-state index is 0.180. The summed E-state index contributed by atoms with van der Waals surface area (Å²) in [7, 11) is 0. The number of phenols is 1. The maximum Gasteiger partial charge on any atom is 0.138 e. The summed E-state index contributed by atoms with van der Waals surface area (Å²) in [6, 6.07) is 15.9. The summed E-state index contributed by atoms with van der Waals surface area (Å²) >= 11 is 5.86. The molecular weight excluding hydrogens is 258 g/mol. The van der Waals surface area contributed by atoms with Crippen molar-refractivity contribution >= 4 is 11.6 Å². The topological polar surface area (TPSA) is 32.3 Å². The fourth-order valence-electron chi connectivity index (χ4n) is 1.99. The van der Waals surface area contributed by atoms with E-state index in [1.165, 1.54) is 5.56 Å². The first-order chi connectivity index (χ1) is 9.27. The van der Waals surface area contributed by atoms with Gasteiger partial charge in [0.15, 0.2) is 0 Å². The van der Waals surface area contributed by atoms with Gasteiger partial charge in [-0.05, 0) is 31.0 Å². The second kappa shape index (κ2) is 7.17. The summed E-state index contributed by atoms with van der Waals surface area (Å²) in [4.78, 5) is 0. The maximum absolute atomic E-state index is 9.76. The third-order valence-electron chi connectivity index (χ3n) is 3.05. The van der Waals surface area contributed by atoms with E-state index in [1.54, 1.807) is 6.07 Å².